The second-order valence-electron chi connectivity index (χ2n) is 4.88. The van der Waals surface area contributed by atoms with Crippen LogP contribution in [0.3, 0.4) is 0 Å². The van der Waals surface area contributed by atoms with Gasteiger partial charge in [-0.25, -0.2) is 0 Å². The van der Waals surface area contributed by atoms with Crippen LogP contribution in [-0.2, 0) is 0 Å². The van der Waals surface area contributed by atoms with Crippen molar-refractivity contribution in [1.29, 1.82) is 0 Å². The van der Waals surface area contributed by atoms with E-state index in [9.17, 15) is 0 Å². The van der Waals surface area contributed by atoms with E-state index in [1.807, 2.05) is 19.3 Å². The zero-order valence-corrected chi connectivity index (χ0v) is 10.9. The molecule has 2 rings (SSSR count). The Morgan fingerprint density at radius 1 is 1.47 bits per heavy atom. The Hall–Kier alpha value is -0.930. The van der Waals surface area contributed by atoms with E-state index in [0.717, 1.165) is 6.54 Å². The average molecular weight is 233 g/mol. The first kappa shape index (κ1) is 12.5. The molecule has 0 saturated carbocycles. The number of nitrogens with zero attached hydrogens (tertiary/aromatic N) is 2. The Balaban J connectivity index is 2.08. The van der Waals surface area contributed by atoms with E-state index in [4.69, 9.17) is 0 Å². The van der Waals surface area contributed by atoms with Gasteiger partial charge < -0.3 is 5.32 Å². The summed E-state index contributed by atoms with van der Waals surface area (Å²) in [4.78, 5) is 7.09. The van der Waals surface area contributed by atoms with E-state index in [-0.39, 0.29) is 0 Å². The van der Waals surface area contributed by atoms with Crippen LogP contribution in [-0.4, -0.2) is 36.1 Å². The normalized spacial score (nSPS) is 23.5. The Labute approximate surface area is 104 Å². The molecule has 1 saturated heterocycles. The number of rotatable bonds is 4. The summed E-state index contributed by atoms with van der Waals surface area (Å²) >= 11 is 0. The molecule has 3 nitrogen and oxygen atoms in total. The van der Waals surface area contributed by atoms with Crippen molar-refractivity contribution in [1.82, 2.24) is 15.2 Å². The fourth-order valence-corrected chi connectivity index (χ4v) is 2.78. The fraction of sp³-hybridized carbons (Fsp3) is 0.643. The van der Waals surface area contributed by atoms with Crippen LogP contribution in [0.4, 0.5) is 0 Å². The van der Waals surface area contributed by atoms with Crippen LogP contribution in [0, 0.1) is 0 Å². The van der Waals surface area contributed by atoms with Crippen molar-refractivity contribution in [2.75, 3.05) is 20.1 Å². The van der Waals surface area contributed by atoms with Gasteiger partial charge in [0.2, 0.25) is 0 Å². The highest BCUT2D eigenvalue weighted by atomic mass is 15.2. The molecule has 1 aliphatic rings. The van der Waals surface area contributed by atoms with Gasteiger partial charge in [0.15, 0.2) is 0 Å². The lowest BCUT2D eigenvalue weighted by molar-refractivity contribution is 0.101. The van der Waals surface area contributed by atoms with Crippen molar-refractivity contribution < 1.29 is 0 Å². The van der Waals surface area contributed by atoms with Crippen LogP contribution in [0.5, 0.6) is 0 Å². The highest BCUT2D eigenvalue weighted by Crippen LogP contribution is 2.26. The number of hydrogen-bond donors (Lipinski definition) is 1. The number of pyridine rings is 1. The molecule has 94 valence electrons. The third-order valence-corrected chi connectivity index (χ3v) is 3.73. The van der Waals surface area contributed by atoms with Crippen molar-refractivity contribution in [2.24, 2.45) is 0 Å². The van der Waals surface area contributed by atoms with Crippen LogP contribution in [0.25, 0.3) is 0 Å². The third-order valence-electron chi connectivity index (χ3n) is 3.73. The summed E-state index contributed by atoms with van der Waals surface area (Å²) in [6.07, 6.45) is 5.87. The highest BCUT2D eigenvalue weighted by Gasteiger charge is 2.27. The van der Waals surface area contributed by atoms with Gasteiger partial charge in [0.05, 0.1) is 5.69 Å². The first-order valence-corrected chi connectivity index (χ1v) is 6.64. The van der Waals surface area contributed by atoms with E-state index in [0.29, 0.717) is 12.1 Å². The minimum absolute atomic E-state index is 0.426. The first-order chi connectivity index (χ1) is 8.33. The predicted molar refractivity (Wildman–Crippen MR) is 70.9 cm³/mol. The Kier molecular flexibility index (Phi) is 4.51. The van der Waals surface area contributed by atoms with Crippen molar-refractivity contribution in [3.8, 4) is 0 Å². The largest absolute Gasteiger partial charge is 0.318 e. The van der Waals surface area contributed by atoms with Crippen LogP contribution in [0.1, 0.15) is 37.9 Å². The molecule has 0 aliphatic carbocycles. The molecule has 0 bridgehead atoms. The molecular weight excluding hydrogens is 210 g/mol. The first-order valence-electron chi connectivity index (χ1n) is 6.64. The second-order valence-corrected chi connectivity index (χ2v) is 4.88. The molecule has 1 aromatic heterocycles. The van der Waals surface area contributed by atoms with Crippen LogP contribution in [0.15, 0.2) is 24.4 Å². The van der Waals surface area contributed by atoms with Crippen LogP contribution < -0.4 is 5.32 Å². The van der Waals surface area contributed by atoms with Crippen LogP contribution >= 0.6 is 0 Å². The van der Waals surface area contributed by atoms with Crippen molar-refractivity contribution in [3.05, 3.63) is 30.1 Å². The monoisotopic (exact) mass is 233 g/mol. The van der Waals surface area contributed by atoms with Gasteiger partial charge in [-0.2, -0.15) is 0 Å². The van der Waals surface area contributed by atoms with Gasteiger partial charge in [0.25, 0.3) is 0 Å². The van der Waals surface area contributed by atoms with E-state index in [1.54, 1.807) is 0 Å². The smallest absolute Gasteiger partial charge is 0.0572 e. The number of aromatic nitrogens is 1. The SMILES string of the molecule is CNCC1CCCCN1C(C)c1ccccn1. The van der Waals surface area contributed by atoms with Gasteiger partial charge >= 0.3 is 0 Å². The molecule has 1 N–H and O–H groups in total. The number of likely N-dealkylation sites (N-methyl/N-ethyl adjacent to an activating group) is 1. The van der Waals surface area contributed by atoms with Gasteiger partial charge in [0, 0.05) is 24.8 Å². The van der Waals surface area contributed by atoms with Crippen molar-refractivity contribution in [2.45, 2.75) is 38.3 Å². The standard InChI is InChI=1S/C14H23N3/c1-12(14-8-3-5-9-16-14)17-10-6-4-7-13(17)11-15-2/h3,5,8-9,12-13,15H,4,6-7,10-11H2,1-2H3. The predicted octanol–water partition coefficient (Wildman–Crippen LogP) is 2.22. The number of nitrogens with one attached hydrogen (secondary N) is 1. The summed E-state index contributed by atoms with van der Waals surface area (Å²) in [6, 6.07) is 7.28. The van der Waals surface area contributed by atoms with Crippen molar-refractivity contribution in [3.63, 3.8) is 0 Å². The topological polar surface area (TPSA) is 28.2 Å². The Morgan fingerprint density at radius 3 is 3.06 bits per heavy atom. The van der Waals surface area contributed by atoms with Gasteiger partial charge in [0.1, 0.15) is 0 Å². The molecule has 0 spiro atoms. The lowest BCUT2D eigenvalue weighted by atomic mass is 9.99. The minimum atomic E-state index is 0.426. The number of likely N-dealkylation sites (tertiary alicyclic amines) is 1. The summed E-state index contributed by atoms with van der Waals surface area (Å²) in [5.74, 6) is 0. The molecule has 1 fully saturated rings. The summed E-state index contributed by atoms with van der Waals surface area (Å²) in [7, 11) is 2.04. The average Bonchev–Trinajstić information content (AvgIpc) is 2.40. The van der Waals surface area contributed by atoms with Gasteiger partial charge in [-0.3, -0.25) is 9.88 Å². The van der Waals surface area contributed by atoms with E-state index < -0.39 is 0 Å². The molecule has 2 atom stereocenters. The maximum atomic E-state index is 4.49. The summed E-state index contributed by atoms with van der Waals surface area (Å²) < 4.78 is 0. The maximum Gasteiger partial charge on any atom is 0.0572 e. The molecule has 2 unspecified atom stereocenters. The molecule has 0 aromatic carbocycles. The van der Waals surface area contributed by atoms with Crippen molar-refractivity contribution >= 4 is 0 Å². The zero-order valence-electron chi connectivity index (χ0n) is 10.9. The Bertz CT molecular complexity index is 323. The molecule has 17 heavy (non-hydrogen) atoms. The van der Waals surface area contributed by atoms with Crippen LogP contribution in [0.2, 0.25) is 0 Å². The number of piperidine rings is 1. The third kappa shape index (κ3) is 3.05. The van der Waals surface area contributed by atoms with E-state index >= 15 is 0 Å². The summed E-state index contributed by atoms with van der Waals surface area (Å²) in [5, 5.41) is 3.31. The fourth-order valence-electron chi connectivity index (χ4n) is 2.78. The number of hydrogen-bond acceptors (Lipinski definition) is 3. The highest BCUT2D eigenvalue weighted by molar-refractivity contribution is 5.08. The molecule has 2 heterocycles. The summed E-state index contributed by atoms with van der Waals surface area (Å²) in [6.45, 7) is 4.55. The molecule has 1 aliphatic heterocycles. The lowest BCUT2D eigenvalue weighted by Crippen LogP contribution is -2.46. The van der Waals surface area contributed by atoms with Gasteiger partial charge in [-0.1, -0.05) is 12.5 Å². The molecule has 3 heteroatoms. The maximum absolute atomic E-state index is 4.49. The zero-order chi connectivity index (χ0) is 12.1. The second kappa shape index (κ2) is 6.12. The lowest BCUT2D eigenvalue weighted by Gasteiger charge is -2.39. The molecule has 0 amide bonds. The quantitative estimate of drug-likeness (QED) is 0.864. The summed E-state index contributed by atoms with van der Waals surface area (Å²) in [5.41, 5.74) is 1.19. The van der Waals surface area contributed by atoms with Gasteiger partial charge in [-0.05, 0) is 45.5 Å². The minimum Gasteiger partial charge on any atom is -0.318 e. The Morgan fingerprint density at radius 2 is 2.35 bits per heavy atom. The van der Waals surface area contributed by atoms with Gasteiger partial charge in [-0.15, -0.1) is 0 Å². The van der Waals surface area contributed by atoms with E-state index in [1.165, 1.54) is 31.5 Å². The molecule has 1 aromatic rings. The molecule has 0 radical (unpaired) electrons. The molecular formula is C14H23N3. The van der Waals surface area contributed by atoms with E-state index in [2.05, 4.69) is 34.3 Å².